The summed E-state index contributed by atoms with van der Waals surface area (Å²) in [7, 11) is 0. The smallest absolute Gasteiger partial charge is 0.137 e. The van der Waals surface area contributed by atoms with Crippen molar-refractivity contribution in [3.63, 3.8) is 0 Å². The molecule has 6 heterocycles. The summed E-state index contributed by atoms with van der Waals surface area (Å²) in [6, 6.07) is 48.5. The van der Waals surface area contributed by atoms with E-state index >= 15 is 0 Å². The van der Waals surface area contributed by atoms with Crippen molar-refractivity contribution in [3.05, 3.63) is 229 Å². The van der Waals surface area contributed by atoms with Crippen LogP contribution >= 0.6 is 0 Å². The van der Waals surface area contributed by atoms with Crippen molar-refractivity contribution in [1.82, 2.24) is 8.80 Å². The van der Waals surface area contributed by atoms with Gasteiger partial charge in [-0.15, -0.1) is 0 Å². The summed E-state index contributed by atoms with van der Waals surface area (Å²) in [6.07, 6.45) is 0. The van der Waals surface area contributed by atoms with Gasteiger partial charge in [-0.1, -0.05) is 175 Å². The van der Waals surface area contributed by atoms with Crippen molar-refractivity contribution in [2.45, 2.75) is 52.4 Å². The topological polar surface area (TPSA) is 41.6 Å². The second-order valence-corrected chi connectivity index (χ2v) is 23.3. The van der Waals surface area contributed by atoms with Crippen LogP contribution in [-0.4, -0.2) is 8.80 Å². The van der Waals surface area contributed by atoms with Gasteiger partial charge in [-0.05, 0) is 107 Å². The molecule has 382 valence electrons. The van der Waals surface area contributed by atoms with Gasteiger partial charge in [-0.25, -0.2) is 0 Å². The van der Waals surface area contributed by atoms with Gasteiger partial charge in [0.15, 0.2) is 0 Å². The Morgan fingerprint density at radius 1 is 0.338 bits per heavy atom. The van der Waals surface area contributed by atoms with Crippen LogP contribution in [0.15, 0.2) is 227 Å². The molecule has 0 radical (unpaired) electrons. The maximum absolute atomic E-state index is 9.66. The maximum Gasteiger partial charge on any atom is 0.137 e. The summed E-state index contributed by atoms with van der Waals surface area (Å²) < 4.78 is 110. The molecule has 0 amide bonds. The van der Waals surface area contributed by atoms with Gasteiger partial charge in [-0.3, -0.25) is 0 Å². The van der Waals surface area contributed by atoms with Gasteiger partial charge in [0.05, 0.1) is 80.3 Å². The standard InChI is InChI=1S/C74H54N4O2/c1-73(2,3)53-29-17-27-49-67-57(75(43-21-9-7-10-22-43)55-31-19-35-63-65(55)47-25-13-15-33-61(47)79-63)39-37-45-51-42-60-52(41-59(51)77(69(49)53)71(45)67)46-38-40-58(68-50-28-18-30-54(74(4,5)6)70(50)78(60)72(46)68)76(44-23-11-8-12-24-44)56-32-20-36-64-66(56)48-26-14-16-34-62(48)80-64/h7-42H,1-6H3/i7D,8D,9D,10D,11D,12D,21D,22D,23D,24D. The first-order valence-corrected chi connectivity index (χ1v) is 27.1. The van der Waals surface area contributed by atoms with Crippen LogP contribution in [0.3, 0.4) is 0 Å². The molecule has 0 bridgehead atoms. The molecule has 0 saturated heterocycles. The van der Waals surface area contributed by atoms with Crippen LogP contribution in [0.2, 0.25) is 0 Å². The Hall–Kier alpha value is -9.78. The molecule has 0 saturated carbocycles. The van der Waals surface area contributed by atoms with Crippen LogP contribution in [-0.2, 0) is 10.8 Å². The largest absolute Gasteiger partial charge is 0.456 e. The molecule has 0 fully saturated rings. The zero-order valence-corrected chi connectivity index (χ0v) is 44.6. The average Bonchev–Trinajstić information content (AvgIpc) is 1.51. The van der Waals surface area contributed by atoms with Gasteiger partial charge >= 0.3 is 0 Å². The van der Waals surface area contributed by atoms with Crippen LogP contribution in [0, 0.1) is 0 Å². The molecule has 0 aliphatic carbocycles. The lowest BCUT2D eigenvalue weighted by Crippen LogP contribution is -2.12. The van der Waals surface area contributed by atoms with Crippen molar-refractivity contribution in [2.75, 3.05) is 9.80 Å². The van der Waals surface area contributed by atoms with Crippen LogP contribution in [0.4, 0.5) is 34.1 Å². The SMILES string of the molecule is [2H]c1c([2H])c([2H])c(N(c2cccc3oc4ccccc4c23)c2ccc3c4cc5c(cc4n4c6c(C(C)(C)C)cccc6c2c34)c2ccc(N(c3c([2H])c([2H])c([2H])c([2H])c3[2H])c3cccc4oc6ccccc6c34)c3c4cccc(C(C)(C)C)c4n5c23)c([2H])c1[2H]. The summed E-state index contributed by atoms with van der Waals surface area (Å²) in [6.45, 7) is 13.3. The number of para-hydroxylation sites is 6. The molecule has 0 N–H and O–H groups in total. The minimum atomic E-state index is -0.485. The summed E-state index contributed by atoms with van der Waals surface area (Å²) in [5.74, 6) is 0. The molecule has 80 heavy (non-hydrogen) atoms. The quantitative estimate of drug-likeness (QED) is 0.166. The predicted octanol–water partition coefficient (Wildman–Crippen LogP) is 21.3. The van der Waals surface area contributed by atoms with Crippen LogP contribution < -0.4 is 9.80 Å². The molecule has 6 nitrogen and oxygen atoms in total. The van der Waals surface area contributed by atoms with E-state index in [0.29, 0.717) is 45.1 Å². The third kappa shape index (κ3) is 6.02. The molecule has 0 unspecified atom stereocenters. The third-order valence-corrected chi connectivity index (χ3v) is 16.8. The van der Waals surface area contributed by atoms with E-state index in [1.165, 1.54) is 0 Å². The number of anilines is 6. The number of hydrogen-bond acceptors (Lipinski definition) is 4. The van der Waals surface area contributed by atoms with Crippen LogP contribution in [0.5, 0.6) is 0 Å². The number of benzene rings is 11. The molecule has 0 spiro atoms. The Bertz CT molecular complexity index is 5620. The lowest BCUT2D eigenvalue weighted by Gasteiger charge is -2.27. The van der Waals surface area contributed by atoms with Gasteiger partial charge in [0.1, 0.15) is 22.3 Å². The maximum atomic E-state index is 9.66. The Labute approximate surface area is 475 Å². The van der Waals surface area contributed by atoms with Gasteiger partial charge < -0.3 is 27.4 Å². The summed E-state index contributed by atoms with van der Waals surface area (Å²) >= 11 is 0. The molecule has 6 heteroatoms. The van der Waals surface area contributed by atoms with Crippen LogP contribution in [0.1, 0.15) is 66.4 Å². The highest BCUT2D eigenvalue weighted by atomic mass is 16.3. The number of hydrogen-bond donors (Lipinski definition) is 0. The number of furan rings is 2. The summed E-state index contributed by atoms with van der Waals surface area (Å²) in [5.41, 5.74) is 12.0. The first kappa shape index (κ1) is 36.3. The first-order valence-electron chi connectivity index (χ1n) is 32.1. The van der Waals surface area contributed by atoms with Crippen molar-refractivity contribution in [1.29, 1.82) is 0 Å². The molecule has 11 aromatic carbocycles. The monoisotopic (exact) mass is 1040 g/mol. The van der Waals surface area contributed by atoms with Crippen LogP contribution in [0.25, 0.3) is 120 Å². The Balaban J connectivity index is 1.03. The predicted molar refractivity (Wildman–Crippen MR) is 337 cm³/mol. The average molecular weight is 1040 g/mol. The summed E-state index contributed by atoms with van der Waals surface area (Å²) in [4.78, 5) is 3.71. The summed E-state index contributed by atoms with van der Waals surface area (Å²) in [5, 5.41) is 10.5. The van der Waals surface area contributed by atoms with Gasteiger partial charge in [0, 0.05) is 65.2 Å². The van der Waals surface area contributed by atoms with E-state index in [4.69, 9.17) is 17.1 Å². The zero-order valence-electron chi connectivity index (χ0n) is 54.6. The first-order chi connectivity index (χ1) is 43.1. The van der Waals surface area contributed by atoms with E-state index in [-0.39, 0.29) is 46.4 Å². The highest BCUT2D eigenvalue weighted by Gasteiger charge is 2.33. The van der Waals surface area contributed by atoms with Gasteiger partial charge in [-0.2, -0.15) is 0 Å². The Kier molecular flexibility index (Phi) is 7.23. The van der Waals surface area contributed by atoms with E-state index in [9.17, 15) is 5.48 Å². The number of aromatic nitrogens is 2. The Morgan fingerprint density at radius 3 is 1.14 bits per heavy atom. The molecule has 17 rings (SSSR count). The van der Waals surface area contributed by atoms with Gasteiger partial charge in [0.2, 0.25) is 0 Å². The van der Waals surface area contributed by atoms with E-state index in [1.807, 2.05) is 107 Å². The fourth-order valence-electron chi connectivity index (χ4n) is 13.6. The zero-order chi connectivity index (χ0) is 62.2. The lowest BCUT2D eigenvalue weighted by molar-refractivity contribution is 0.594. The minimum Gasteiger partial charge on any atom is -0.456 e. The van der Waals surface area contributed by atoms with Crippen molar-refractivity contribution < 1.29 is 22.5 Å². The van der Waals surface area contributed by atoms with Crippen molar-refractivity contribution in [3.8, 4) is 0 Å². The molecule has 0 aliphatic rings. The molecule has 0 atom stereocenters. The van der Waals surface area contributed by atoms with E-state index in [2.05, 4.69) is 111 Å². The van der Waals surface area contributed by atoms with E-state index < -0.39 is 36.3 Å². The number of nitrogens with zero attached hydrogens (tertiary/aromatic N) is 4. The van der Waals surface area contributed by atoms with Gasteiger partial charge in [0.25, 0.3) is 0 Å². The fraction of sp³-hybridized carbons (Fsp3) is 0.108. The molecular weight excluding hydrogens is 977 g/mol. The normalized spacial score (nSPS) is 14.6. The second-order valence-electron chi connectivity index (χ2n) is 23.3. The second kappa shape index (κ2) is 15.9. The number of fused-ring (bicyclic) bond motifs is 18. The molecule has 6 aromatic heterocycles. The number of rotatable bonds is 6. The Morgan fingerprint density at radius 2 is 0.713 bits per heavy atom. The van der Waals surface area contributed by atoms with E-state index in [0.717, 1.165) is 109 Å². The molecular formula is C74H54N4O2. The highest BCUT2D eigenvalue weighted by molar-refractivity contribution is 6.33. The molecule has 0 aliphatic heterocycles. The lowest BCUT2D eigenvalue weighted by atomic mass is 9.85. The third-order valence-electron chi connectivity index (χ3n) is 16.8. The van der Waals surface area contributed by atoms with Crippen molar-refractivity contribution >= 4 is 154 Å². The fourth-order valence-corrected chi connectivity index (χ4v) is 13.6. The van der Waals surface area contributed by atoms with E-state index in [1.54, 1.807) is 0 Å². The molecule has 17 aromatic rings. The highest BCUT2D eigenvalue weighted by Crippen LogP contribution is 2.54. The minimum absolute atomic E-state index is 0.00510. The van der Waals surface area contributed by atoms with Crippen molar-refractivity contribution in [2.24, 2.45) is 0 Å².